The monoisotopic (exact) mass is 505 g/mol. The Balaban J connectivity index is 1.42. The smallest absolute Gasteiger partial charge is 0.258 e. The Hall–Kier alpha value is -4.85. The number of carbonyl (C=O) groups is 2. The van der Waals surface area contributed by atoms with Crippen molar-refractivity contribution in [1.82, 2.24) is 15.1 Å². The van der Waals surface area contributed by atoms with E-state index in [1.165, 1.54) is 0 Å². The number of pyridine rings is 2. The second kappa shape index (κ2) is 10.3. The van der Waals surface area contributed by atoms with Crippen LogP contribution in [0.2, 0.25) is 0 Å². The van der Waals surface area contributed by atoms with Gasteiger partial charge in [-0.2, -0.15) is 0 Å². The predicted molar refractivity (Wildman–Crippen MR) is 147 cm³/mol. The van der Waals surface area contributed by atoms with Crippen LogP contribution >= 0.6 is 0 Å². The van der Waals surface area contributed by atoms with Crippen molar-refractivity contribution in [1.29, 1.82) is 0 Å². The van der Waals surface area contributed by atoms with E-state index in [9.17, 15) is 9.59 Å². The quantitative estimate of drug-likeness (QED) is 0.281. The minimum absolute atomic E-state index is 0.276. The molecule has 0 aliphatic carbocycles. The van der Waals surface area contributed by atoms with Gasteiger partial charge in [-0.3, -0.25) is 19.9 Å². The molecule has 2 amide bonds. The van der Waals surface area contributed by atoms with Gasteiger partial charge >= 0.3 is 0 Å². The second-order valence-corrected chi connectivity index (χ2v) is 9.16. The first-order valence-electron chi connectivity index (χ1n) is 12.4. The molecule has 8 nitrogen and oxygen atoms in total. The van der Waals surface area contributed by atoms with E-state index >= 15 is 0 Å². The molecule has 0 radical (unpaired) electrons. The number of nitrogens with zero attached hydrogens (tertiary/aromatic N) is 3. The Morgan fingerprint density at radius 2 is 1.68 bits per heavy atom. The van der Waals surface area contributed by atoms with Crippen molar-refractivity contribution in [3.63, 3.8) is 0 Å². The molecule has 2 N–H and O–H groups in total. The van der Waals surface area contributed by atoms with E-state index in [0.717, 1.165) is 33.3 Å². The molecular weight excluding hydrogens is 478 g/mol. The molecule has 2 aromatic carbocycles. The zero-order chi connectivity index (χ0) is 26.8. The van der Waals surface area contributed by atoms with Crippen LogP contribution in [0.3, 0.4) is 0 Å². The molecule has 3 heterocycles. The maximum atomic E-state index is 13.5. The van der Waals surface area contributed by atoms with Gasteiger partial charge in [0.05, 0.1) is 28.2 Å². The summed E-state index contributed by atoms with van der Waals surface area (Å²) in [6.45, 7) is 7.79. The topological polar surface area (TPSA) is 110 Å². The summed E-state index contributed by atoms with van der Waals surface area (Å²) in [6.07, 6.45) is 2.40. The Kier molecular flexibility index (Phi) is 6.70. The van der Waals surface area contributed by atoms with E-state index < -0.39 is 0 Å². The molecule has 0 aliphatic rings. The SMILES string of the molecule is CCc1c(C)noc1NC(=O)c1ccc(NC(=O)c2cc(-c3ccccn3)nc3c(C)cc(C)cc23)cc1. The van der Waals surface area contributed by atoms with Gasteiger partial charge in [0, 0.05) is 28.4 Å². The van der Waals surface area contributed by atoms with E-state index in [-0.39, 0.29) is 11.8 Å². The number of nitrogens with one attached hydrogen (secondary N) is 2. The van der Waals surface area contributed by atoms with E-state index in [1.807, 2.05) is 58.0 Å². The average molecular weight is 506 g/mol. The number of aryl methyl sites for hydroxylation is 3. The number of benzene rings is 2. The molecule has 8 heteroatoms. The number of anilines is 2. The predicted octanol–water partition coefficient (Wildman–Crippen LogP) is 6.28. The molecule has 5 rings (SSSR count). The second-order valence-electron chi connectivity index (χ2n) is 9.16. The van der Waals surface area contributed by atoms with Gasteiger partial charge in [-0.05, 0) is 81.3 Å². The number of fused-ring (bicyclic) bond motifs is 1. The molecule has 3 aromatic heterocycles. The number of aromatic nitrogens is 3. The largest absolute Gasteiger partial charge is 0.338 e. The van der Waals surface area contributed by atoms with E-state index in [1.54, 1.807) is 36.5 Å². The number of hydrogen-bond donors (Lipinski definition) is 2. The van der Waals surface area contributed by atoms with Crippen molar-refractivity contribution >= 4 is 34.3 Å². The lowest BCUT2D eigenvalue weighted by Crippen LogP contribution is -2.15. The molecule has 38 heavy (non-hydrogen) atoms. The lowest BCUT2D eigenvalue weighted by molar-refractivity contribution is 0.101. The zero-order valence-corrected chi connectivity index (χ0v) is 21.6. The summed E-state index contributed by atoms with van der Waals surface area (Å²) >= 11 is 0. The molecule has 0 unspecified atom stereocenters. The Bertz CT molecular complexity index is 1660. The summed E-state index contributed by atoms with van der Waals surface area (Å²) in [5, 5.41) is 10.4. The minimum Gasteiger partial charge on any atom is -0.338 e. The van der Waals surface area contributed by atoms with Gasteiger partial charge in [0.2, 0.25) is 5.88 Å². The summed E-state index contributed by atoms with van der Waals surface area (Å²) in [5.74, 6) is -0.243. The van der Waals surface area contributed by atoms with Crippen LogP contribution in [0, 0.1) is 20.8 Å². The van der Waals surface area contributed by atoms with Crippen LogP contribution in [-0.2, 0) is 6.42 Å². The van der Waals surface area contributed by atoms with Gasteiger partial charge in [0.1, 0.15) is 0 Å². The van der Waals surface area contributed by atoms with Crippen LogP contribution < -0.4 is 10.6 Å². The molecule has 0 atom stereocenters. The summed E-state index contributed by atoms with van der Waals surface area (Å²) < 4.78 is 5.25. The molecule has 0 saturated carbocycles. The zero-order valence-electron chi connectivity index (χ0n) is 21.6. The maximum absolute atomic E-state index is 13.5. The molecule has 0 spiro atoms. The van der Waals surface area contributed by atoms with Crippen LogP contribution in [0.25, 0.3) is 22.3 Å². The van der Waals surface area contributed by atoms with Gasteiger partial charge in [0.15, 0.2) is 0 Å². The molecule has 0 aliphatic heterocycles. The number of carbonyl (C=O) groups excluding carboxylic acids is 2. The Morgan fingerprint density at radius 1 is 0.895 bits per heavy atom. The van der Waals surface area contributed by atoms with Crippen molar-refractivity contribution in [3.05, 3.63) is 100 Å². The van der Waals surface area contributed by atoms with Gasteiger partial charge in [-0.15, -0.1) is 0 Å². The number of hydrogen-bond acceptors (Lipinski definition) is 6. The van der Waals surface area contributed by atoms with Gasteiger partial charge in [-0.25, -0.2) is 4.98 Å². The highest BCUT2D eigenvalue weighted by atomic mass is 16.5. The first-order chi connectivity index (χ1) is 18.3. The van der Waals surface area contributed by atoms with Crippen LogP contribution in [0.1, 0.15) is 50.0 Å². The third kappa shape index (κ3) is 4.88. The molecule has 5 aromatic rings. The van der Waals surface area contributed by atoms with Crippen molar-refractivity contribution < 1.29 is 14.1 Å². The van der Waals surface area contributed by atoms with Crippen LogP contribution in [0.4, 0.5) is 11.6 Å². The average Bonchev–Trinajstić information content (AvgIpc) is 3.27. The van der Waals surface area contributed by atoms with Crippen molar-refractivity contribution in [2.75, 3.05) is 10.6 Å². The highest BCUT2D eigenvalue weighted by Gasteiger charge is 2.18. The highest BCUT2D eigenvalue weighted by molar-refractivity contribution is 6.13. The lowest BCUT2D eigenvalue weighted by Gasteiger charge is -2.13. The van der Waals surface area contributed by atoms with Gasteiger partial charge in [-0.1, -0.05) is 29.8 Å². The van der Waals surface area contributed by atoms with Crippen molar-refractivity contribution in [2.24, 2.45) is 0 Å². The van der Waals surface area contributed by atoms with E-state index in [2.05, 4.69) is 20.8 Å². The normalized spacial score (nSPS) is 10.9. The summed E-state index contributed by atoms with van der Waals surface area (Å²) in [6, 6.07) is 18.1. The van der Waals surface area contributed by atoms with Crippen molar-refractivity contribution in [3.8, 4) is 11.4 Å². The molecule has 0 fully saturated rings. The lowest BCUT2D eigenvalue weighted by atomic mass is 10.00. The van der Waals surface area contributed by atoms with Gasteiger partial charge < -0.3 is 9.84 Å². The van der Waals surface area contributed by atoms with E-state index in [0.29, 0.717) is 40.5 Å². The Morgan fingerprint density at radius 3 is 2.39 bits per heavy atom. The minimum atomic E-state index is -0.320. The van der Waals surface area contributed by atoms with Crippen molar-refractivity contribution in [2.45, 2.75) is 34.1 Å². The summed E-state index contributed by atoms with van der Waals surface area (Å²) in [5.41, 5.74) is 7.19. The van der Waals surface area contributed by atoms with Crippen LogP contribution in [0.15, 0.2) is 71.4 Å². The third-order valence-electron chi connectivity index (χ3n) is 6.39. The molecule has 190 valence electrons. The summed E-state index contributed by atoms with van der Waals surface area (Å²) in [7, 11) is 0. The highest BCUT2D eigenvalue weighted by Crippen LogP contribution is 2.28. The maximum Gasteiger partial charge on any atom is 0.258 e. The standard InChI is InChI=1S/C30H27N5O3/c1-5-22-19(4)35-38-30(22)34-28(36)20-9-11-21(12-10-20)32-29(37)24-16-26(25-8-6-7-13-31-25)33-27-18(3)14-17(2)15-23(24)27/h6-16H,5H2,1-4H3,(H,32,37)(H,34,36). The fraction of sp³-hybridized carbons (Fsp3) is 0.167. The summed E-state index contributed by atoms with van der Waals surface area (Å²) in [4.78, 5) is 35.5. The Labute approximate surface area is 220 Å². The third-order valence-corrected chi connectivity index (χ3v) is 6.39. The van der Waals surface area contributed by atoms with Crippen LogP contribution in [0.5, 0.6) is 0 Å². The van der Waals surface area contributed by atoms with Crippen LogP contribution in [-0.4, -0.2) is 26.9 Å². The molecular formula is C30H27N5O3. The number of rotatable bonds is 6. The first kappa shape index (κ1) is 24.8. The van der Waals surface area contributed by atoms with E-state index in [4.69, 9.17) is 9.51 Å². The fourth-order valence-corrected chi connectivity index (χ4v) is 4.50. The fourth-order valence-electron chi connectivity index (χ4n) is 4.50. The molecule has 0 saturated heterocycles. The number of amides is 2. The first-order valence-corrected chi connectivity index (χ1v) is 12.4. The molecule has 0 bridgehead atoms. The van der Waals surface area contributed by atoms with Gasteiger partial charge in [0.25, 0.3) is 11.8 Å².